The largest absolute Gasteiger partial charge is 0.378 e. The van der Waals surface area contributed by atoms with E-state index in [2.05, 4.69) is 62.8 Å². The summed E-state index contributed by atoms with van der Waals surface area (Å²) >= 11 is 0. The maximum Gasteiger partial charge on any atom is 0.249 e. The molecule has 0 aliphatic rings. The summed E-state index contributed by atoms with van der Waals surface area (Å²) in [5.74, 6) is 1.51. The molecule has 0 spiro atoms. The Morgan fingerprint density at radius 1 is 0.923 bits per heavy atom. The molecule has 6 nitrogen and oxygen atoms in total. The van der Waals surface area contributed by atoms with E-state index in [1.165, 1.54) is 5.56 Å². The number of aromatic nitrogens is 3. The first-order valence-corrected chi connectivity index (χ1v) is 8.63. The number of hydrogen-bond donors (Lipinski definition) is 2. The second-order valence-corrected chi connectivity index (χ2v) is 6.60. The van der Waals surface area contributed by atoms with Gasteiger partial charge in [0.2, 0.25) is 5.95 Å². The fourth-order valence-corrected chi connectivity index (χ4v) is 2.64. The van der Waals surface area contributed by atoms with Gasteiger partial charge in [0.25, 0.3) is 0 Å². The monoisotopic (exact) mass is 348 g/mol. The molecule has 0 saturated carbocycles. The third-order valence-electron chi connectivity index (χ3n) is 4.04. The Kier molecular flexibility index (Phi) is 5.31. The third-order valence-corrected chi connectivity index (χ3v) is 4.04. The van der Waals surface area contributed by atoms with Gasteiger partial charge < -0.3 is 15.5 Å². The molecule has 1 aromatic heterocycles. The van der Waals surface area contributed by atoms with Crippen LogP contribution in [0.2, 0.25) is 0 Å². The van der Waals surface area contributed by atoms with E-state index in [0.29, 0.717) is 17.7 Å². The third kappa shape index (κ3) is 4.27. The van der Waals surface area contributed by atoms with Crippen LogP contribution in [0.4, 0.5) is 28.8 Å². The van der Waals surface area contributed by atoms with Gasteiger partial charge in [0, 0.05) is 31.2 Å². The van der Waals surface area contributed by atoms with Crippen LogP contribution in [0.1, 0.15) is 25.3 Å². The first kappa shape index (κ1) is 17.7. The van der Waals surface area contributed by atoms with Crippen molar-refractivity contribution < 1.29 is 0 Å². The zero-order valence-electron chi connectivity index (χ0n) is 15.6. The Bertz CT molecular complexity index is 858. The lowest BCUT2D eigenvalue weighted by Gasteiger charge is -2.14. The highest BCUT2D eigenvalue weighted by atomic mass is 15.3. The first-order chi connectivity index (χ1) is 12.5. The van der Waals surface area contributed by atoms with Gasteiger partial charge in [-0.05, 0) is 41.8 Å². The molecule has 2 N–H and O–H groups in total. The van der Waals surface area contributed by atoms with Crippen molar-refractivity contribution in [2.75, 3.05) is 29.6 Å². The van der Waals surface area contributed by atoms with Gasteiger partial charge in [0.1, 0.15) is 0 Å². The van der Waals surface area contributed by atoms with Crippen molar-refractivity contribution in [3.8, 4) is 0 Å². The maximum atomic E-state index is 4.52. The van der Waals surface area contributed by atoms with E-state index in [0.717, 1.165) is 17.1 Å². The molecule has 2 aromatic carbocycles. The summed E-state index contributed by atoms with van der Waals surface area (Å²) < 4.78 is 0. The molecular weight excluding hydrogens is 324 g/mol. The molecular formula is C20H24N6. The van der Waals surface area contributed by atoms with Gasteiger partial charge in [0.15, 0.2) is 5.82 Å². The quantitative estimate of drug-likeness (QED) is 0.681. The summed E-state index contributed by atoms with van der Waals surface area (Å²) in [5, 5.41) is 14.7. The van der Waals surface area contributed by atoms with E-state index in [1.54, 1.807) is 6.20 Å². The number of rotatable bonds is 6. The fraction of sp³-hybridized carbons (Fsp3) is 0.250. The van der Waals surface area contributed by atoms with Gasteiger partial charge in [0.05, 0.1) is 6.20 Å². The van der Waals surface area contributed by atoms with E-state index in [9.17, 15) is 0 Å². The smallest absolute Gasteiger partial charge is 0.249 e. The molecule has 6 heteroatoms. The number of para-hydroxylation sites is 1. The molecule has 0 fully saturated rings. The van der Waals surface area contributed by atoms with E-state index >= 15 is 0 Å². The first-order valence-electron chi connectivity index (χ1n) is 8.63. The highest BCUT2D eigenvalue weighted by Gasteiger charge is 2.08. The van der Waals surface area contributed by atoms with E-state index in [-0.39, 0.29) is 0 Å². The van der Waals surface area contributed by atoms with Crippen LogP contribution in [0, 0.1) is 0 Å². The minimum atomic E-state index is 0.406. The highest BCUT2D eigenvalue weighted by molar-refractivity contribution is 5.63. The Morgan fingerprint density at radius 3 is 2.35 bits per heavy atom. The summed E-state index contributed by atoms with van der Waals surface area (Å²) in [6, 6.07) is 16.3. The molecule has 26 heavy (non-hydrogen) atoms. The zero-order chi connectivity index (χ0) is 18.5. The lowest BCUT2D eigenvalue weighted by atomic mass is 10.0. The highest BCUT2D eigenvalue weighted by Crippen LogP contribution is 2.26. The average Bonchev–Trinajstić information content (AvgIpc) is 2.63. The van der Waals surface area contributed by atoms with Crippen LogP contribution in [-0.4, -0.2) is 29.3 Å². The number of benzene rings is 2. The second kappa shape index (κ2) is 7.82. The lowest BCUT2D eigenvalue weighted by Crippen LogP contribution is -2.08. The topological polar surface area (TPSA) is 66.0 Å². The molecule has 0 amide bonds. The Balaban J connectivity index is 1.76. The van der Waals surface area contributed by atoms with Crippen molar-refractivity contribution in [1.82, 2.24) is 15.2 Å². The normalized spacial score (nSPS) is 10.7. The Hall–Kier alpha value is -3.15. The number of nitrogens with one attached hydrogen (secondary N) is 2. The standard InChI is InChI=1S/C20H24N6/c1-14(2)17-7-5-6-8-18(17)23-20-24-19(13-21-25-20)22-15-9-11-16(12-10-15)26(3)4/h5-14H,1-4H3,(H2,22,23,24,25). The maximum absolute atomic E-state index is 4.52. The van der Waals surface area contributed by atoms with Gasteiger partial charge in [-0.1, -0.05) is 32.0 Å². The van der Waals surface area contributed by atoms with Gasteiger partial charge >= 0.3 is 0 Å². The molecule has 3 rings (SSSR count). The van der Waals surface area contributed by atoms with Crippen LogP contribution in [-0.2, 0) is 0 Å². The zero-order valence-corrected chi connectivity index (χ0v) is 15.6. The molecule has 0 bridgehead atoms. The summed E-state index contributed by atoms with van der Waals surface area (Å²) in [7, 11) is 4.04. The van der Waals surface area contributed by atoms with Crippen molar-refractivity contribution in [3.63, 3.8) is 0 Å². The van der Waals surface area contributed by atoms with Gasteiger partial charge in [-0.2, -0.15) is 10.1 Å². The fourth-order valence-electron chi connectivity index (χ4n) is 2.64. The second-order valence-electron chi connectivity index (χ2n) is 6.60. The average molecular weight is 348 g/mol. The molecule has 1 heterocycles. The lowest BCUT2D eigenvalue weighted by molar-refractivity contribution is 0.867. The summed E-state index contributed by atoms with van der Waals surface area (Å²) in [4.78, 5) is 6.57. The van der Waals surface area contributed by atoms with Crippen molar-refractivity contribution in [3.05, 3.63) is 60.3 Å². The van der Waals surface area contributed by atoms with Crippen LogP contribution in [0.15, 0.2) is 54.7 Å². The van der Waals surface area contributed by atoms with Crippen LogP contribution >= 0.6 is 0 Å². The Labute approximate surface area is 154 Å². The molecule has 0 saturated heterocycles. The minimum absolute atomic E-state index is 0.406. The van der Waals surface area contributed by atoms with Crippen molar-refractivity contribution in [2.45, 2.75) is 19.8 Å². The molecule has 0 aliphatic carbocycles. The summed E-state index contributed by atoms with van der Waals surface area (Å²) in [6.07, 6.45) is 1.61. The molecule has 0 unspecified atom stereocenters. The molecule has 0 atom stereocenters. The SMILES string of the molecule is CC(C)c1ccccc1Nc1nncc(Nc2ccc(N(C)C)cc2)n1. The summed E-state index contributed by atoms with van der Waals surface area (Å²) in [5.41, 5.74) is 4.30. The summed E-state index contributed by atoms with van der Waals surface area (Å²) in [6.45, 7) is 4.32. The molecule has 3 aromatic rings. The molecule has 134 valence electrons. The number of nitrogens with zero attached hydrogens (tertiary/aromatic N) is 4. The van der Waals surface area contributed by atoms with Crippen LogP contribution in [0.5, 0.6) is 0 Å². The van der Waals surface area contributed by atoms with Crippen molar-refractivity contribution in [2.24, 2.45) is 0 Å². The van der Waals surface area contributed by atoms with Gasteiger partial charge in [-0.15, -0.1) is 5.10 Å². The van der Waals surface area contributed by atoms with Gasteiger partial charge in [-0.25, -0.2) is 0 Å². The number of anilines is 5. The molecule has 0 radical (unpaired) electrons. The van der Waals surface area contributed by atoms with Crippen molar-refractivity contribution in [1.29, 1.82) is 0 Å². The Morgan fingerprint density at radius 2 is 1.65 bits per heavy atom. The minimum Gasteiger partial charge on any atom is -0.378 e. The van der Waals surface area contributed by atoms with Crippen LogP contribution < -0.4 is 15.5 Å². The van der Waals surface area contributed by atoms with E-state index in [1.807, 2.05) is 44.4 Å². The molecule has 0 aliphatic heterocycles. The predicted molar refractivity (Wildman–Crippen MR) is 108 cm³/mol. The van der Waals surface area contributed by atoms with E-state index < -0.39 is 0 Å². The van der Waals surface area contributed by atoms with Gasteiger partial charge in [-0.3, -0.25) is 0 Å². The van der Waals surface area contributed by atoms with E-state index in [4.69, 9.17) is 0 Å². The predicted octanol–water partition coefficient (Wildman–Crippen LogP) is 4.55. The van der Waals surface area contributed by atoms with Crippen LogP contribution in [0.3, 0.4) is 0 Å². The van der Waals surface area contributed by atoms with Crippen molar-refractivity contribution >= 4 is 28.8 Å². The number of hydrogen-bond acceptors (Lipinski definition) is 6. The van der Waals surface area contributed by atoms with Crippen LogP contribution in [0.25, 0.3) is 0 Å².